The van der Waals surface area contributed by atoms with Gasteiger partial charge in [-0.2, -0.15) is 0 Å². The van der Waals surface area contributed by atoms with Gasteiger partial charge in [-0.15, -0.1) is 0 Å². The lowest BCUT2D eigenvalue weighted by atomic mass is 10.1. The van der Waals surface area contributed by atoms with Crippen LogP contribution in [-0.4, -0.2) is 11.7 Å². The zero-order chi connectivity index (χ0) is 8.10. The van der Waals surface area contributed by atoms with Crippen LogP contribution >= 0.6 is 22.9 Å². The summed E-state index contributed by atoms with van der Waals surface area (Å²) in [7, 11) is 0. The molecule has 2 N–H and O–H groups in total. The highest BCUT2D eigenvalue weighted by Crippen LogP contribution is 2.09. The van der Waals surface area contributed by atoms with E-state index in [1.165, 1.54) is 5.56 Å². The van der Waals surface area contributed by atoms with Gasteiger partial charge in [0.2, 0.25) is 0 Å². The molecule has 0 unspecified atom stereocenters. The number of phenolic OH excluding ortho intramolecular Hbond substituents is 1. The number of phenols is 1. The quantitative estimate of drug-likeness (QED) is 0.644. The first-order chi connectivity index (χ1) is 5.33. The highest BCUT2D eigenvalue weighted by atomic mass is 127. The topological polar surface area (TPSA) is 32.3 Å². The Hall–Kier alpha value is -0.290. The molecule has 60 valence electrons. The van der Waals surface area contributed by atoms with E-state index in [-0.39, 0.29) is 0 Å². The van der Waals surface area contributed by atoms with E-state index >= 15 is 0 Å². The first kappa shape index (κ1) is 8.80. The van der Waals surface area contributed by atoms with Crippen LogP contribution in [0.2, 0.25) is 0 Å². The van der Waals surface area contributed by atoms with Crippen LogP contribution in [0.3, 0.4) is 0 Å². The third-order valence-electron chi connectivity index (χ3n) is 1.44. The summed E-state index contributed by atoms with van der Waals surface area (Å²) >= 11 is 2.12. The summed E-state index contributed by atoms with van der Waals surface area (Å²) in [6.07, 6.45) is 1.00. The molecule has 1 rings (SSSR count). The maximum absolute atomic E-state index is 8.96. The third-order valence-corrected chi connectivity index (χ3v) is 1.98. The zero-order valence-corrected chi connectivity index (χ0v) is 8.21. The molecule has 0 spiro atoms. The normalized spacial score (nSPS) is 9.91. The predicted octanol–water partition coefficient (Wildman–Crippen LogP) is 1.87. The van der Waals surface area contributed by atoms with Crippen molar-refractivity contribution in [1.82, 2.24) is 3.53 Å². The Balaban J connectivity index is 2.52. The summed E-state index contributed by atoms with van der Waals surface area (Å²) in [5, 5.41) is 8.96. The second kappa shape index (κ2) is 4.56. The van der Waals surface area contributed by atoms with Crippen molar-refractivity contribution >= 4 is 22.9 Å². The first-order valence-electron chi connectivity index (χ1n) is 3.44. The molecule has 0 heterocycles. The van der Waals surface area contributed by atoms with Gasteiger partial charge < -0.3 is 5.11 Å². The second-order valence-corrected chi connectivity index (χ2v) is 3.06. The van der Waals surface area contributed by atoms with E-state index in [0.29, 0.717) is 5.75 Å². The van der Waals surface area contributed by atoms with E-state index in [2.05, 4.69) is 26.4 Å². The van der Waals surface area contributed by atoms with Crippen molar-refractivity contribution in [2.24, 2.45) is 0 Å². The molecular formula is C8H10INO. The van der Waals surface area contributed by atoms with Gasteiger partial charge in [0.1, 0.15) is 5.75 Å². The summed E-state index contributed by atoms with van der Waals surface area (Å²) < 4.78 is 3.04. The van der Waals surface area contributed by atoms with Gasteiger partial charge in [-0.05, 0) is 24.1 Å². The highest BCUT2D eigenvalue weighted by molar-refractivity contribution is 14.1. The van der Waals surface area contributed by atoms with E-state index in [9.17, 15) is 0 Å². The molecule has 0 saturated carbocycles. The molecule has 1 aromatic rings. The van der Waals surface area contributed by atoms with E-state index in [4.69, 9.17) is 5.11 Å². The predicted molar refractivity (Wildman–Crippen MR) is 53.8 cm³/mol. The van der Waals surface area contributed by atoms with Crippen LogP contribution in [-0.2, 0) is 6.42 Å². The molecule has 0 amide bonds. The lowest BCUT2D eigenvalue weighted by molar-refractivity contribution is 0.475. The van der Waals surface area contributed by atoms with Crippen molar-refractivity contribution in [1.29, 1.82) is 0 Å². The van der Waals surface area contributed by atoms with Crippen molar-refractivity contribution < 1.29 is 5.11 Å². The lowest BCUT2D eigenvalue weighted by Gasteiger charge is -1.98. The number of hydrogen-bond donors (Lipinski definition) is 2. The van der Waals surface area contributed by atoms with Crippen LogP contribution in [0.5, 0.6) is 5.75 Å². The molecular weight excluding hydrogens is 253 g/mol. The number of nitrogens with one attached hydrogen (secondary N) is 1. The van der Waals surface area contributed by atoms with Crippen LogP contribution in [0.25, 0.3) is 0 Å². The fraction of sp³-hybridized carbons (Fsp3) is 0.250. The summed E-state index contributed by atoms with van der Waals surface area (Å²) in [4.78, 5) is 0. The van der Waals surface area contributed by atoms with Gasteiger partial charge >= 0.3 is 0 Å². The Morgan fingerprint density at radius 3 is 2.45 bits per heavy atom. The summed E-state index contributed by atoms with van der Waals surface area (Å²) in [6, 6.07) is 7.29. The standard InChI is InChI=1S/C8H10INO/c9-10-6-5-7-1-3-8(11)4-2-7/h1-4,10-11H,5-6H2. The van der Waals surface area contributed by atoms with Crippen LogP contribution in [0.4, 0.5) is 0 Å². The van der Waals surface area contributed by atoms with Crippen molar-refractivity contribution in [2.45, 2.75) is 6.42 Å². The molecule has 0 radical (unpaired) electrons. The van der Waals surface area contributed by atoms with Gasteiger partial charge in [0.25, 0.3) is 0 Å². The fourth-order valence-electron chi connectivity index (χ4n) is 0.854. The Bertz CT molecular complexity index is 210. The molecule has 0 aliphatic rings. The minimum atomic E-state index is 0.330. The van der Waals surface area contributed by atoms with Crippen LogP contribution in [0.15, 0.2) is 24.3 Å². The number of halogens is 1. The van der Waals surface area contributed by atoms with Crippen LogP contribution in [0, 0.1) is 0 Å². The molecule has 0 aliphatic heterocycles. The van der Waals surface area contributed by atoms with Gasteiger partial charge in [-0.1, -0.05) is 12.1 Å². The lowest BCUT2D eigenvalue weighted by Crippen LogP contribution is -2.03. The van der Waals surface area contributed by atoms with E-state index in [1.807, 2.05) is 12.1 Å². The van der Waals surface area contributed by atoms with Gasteiger partial charge in [0, 0.05) is 29.4 Å². The molecule has 3 heteroatoms. The number of aromatic hydroxyl groups is 1. The van der Waals surface area contributed by atoms with Crippen molar-refractivity contribution in [3.8, 4) is 5.75 Å². The number of hydrogen-bond acceptors (Lipinski definition) is 2. The maximum atomic E-state index is 8.96. The molecule has 0 fully saturated rings. The summed E-state index contributed by atoms with van der Waals surface area (Å²) in [5.41, 5.74) is 1.24. The van der Waals surface area contributed by atoms with Crippen LogP contribution < -0.4 is 3.53 Å². The van der Waals surface area contributed by atoms with Gasteiger partial charge in [-0.3, -0.25) is 3.53 Å². The largest absolute Gasteiger partial charge is 0.508 e. The van der Waals surface area contributed by atoms with Gasteiger partial charge in [-0.25, -0.2) is 0 Å². The van der Waals surface area contributed by atoms with E-state index < -0.39 is 0 Å². The Morgan fingerprint density at radius 2 is 1.91 bits per heavy atom. The molecule has 0 aliphatic carbocycles. The summed E-state index contributed by atoms with van der Waals surface area (Å²) in [6.45, 7) is 0.964. The minimum Gasteiger partial charge on any atom is -0.508 e. The highest BCUT2D eigenvalue weighted by Gasteiger charge is 1.91. The van der Waals surface area contributed by atoms with Crippen molar-refractivity contribution in [2.75, 3.05) is 6.54 Å². The molecule has 0 aromatic heterocycles. The molecule has 11 heavy (non-hydrogen) atoms. The van der Waals surface area contributed by atoms with Gasteiger partial charge in [0.15, 0.2) is 0 Å². The Kier molecular flexibility index (Phi) is 3.65. The minimum absolute atomic E-state index is 0.330. The smallest absolute Gasteiger partial charge is 0.115 e. The SMILES string of the molecule is Oc1ccc(CCNI)cc1. The molecule has 1 aromatic carbocycles. The molecule has 2 nitrogen and oxygen atoms in total. The Labute approximate surface area is 80.1 Å². The second-order valence-electron chi connectivity index (χ2n) is 2.30. The van der Waals surface area contributed by atoms with Crippen molar-refractivity contribution in [3.05, 3.63) is 29.8 Å². The average Bonchev–Trinajstić information content (AvgIpc) is 2.04. The summed E-state index contributed by atoms with van der Waals surface area (Å²) in [5.74, 6) is 0.330. The molecule has 0 bridgehead atoms. The van der Waals surface area contributed by atoms with E-state index in [0.717, 1.165) is 13.0 Å². The van der Waals surface area contributed by atoms with Crippen molar-refractivity contribution in [3.63, 3.8) is 0 Å². The third kappa shape index (κ3) is 3.07. The van der Waals surface area contributed by atoms with Crippen LogP contribution in [0.1, 0.15) is 5.56 Å². The number of benzene rings is 1. The fourth-order valence-corrected chi connectivity index (χ4v) is 1.12. The first-order valence-corrected chi connectivity index (χ1v) is 4.52. The molecule has 0 saturated heterocycles. The Morgan fingerprint density at radius 1 is 1.27 bits per heavy atom. The average molecular weight is 263 g/mol. The van der Waals surface area contributed by atoms with E-state index in [1.54, 1.807) is 12.1 Å². The zero-order valence-electron chi connectivity index (χ0n) is 6.05. The molecule has 0 atom stereocenters. The monoisotopic (exact) mass is 263 g/mol. The van der Waals surface area contributed by atoms with Gasteiger partial charge in [0.05, 0.1) is 0 Å². The maximum Gasteiger partial charge on any atom is 0.115 e. The number of rotatable bonds is 3.